The first-order valence-corrected chi connectivity index (χ1v) is 5.31. The molecule has 0 aromatic rings. The lowest BCUT2D eigenvalue weighted by molar-refractivity contribution is -0.135. The molecule has 0 unspecified atom stereocenters. The van der Waals surface area contributed by atoms with Crippen molar-refractivity contribution in [1.29, 1.82) is 0 Å². The first kappa shape index (κ1) is 14.7. The van der Waals surface area contributed by atoms with Gasteiger partial charge in [-0.1, -0.05) is 27.7 Å². The molecule has 16 heavy (non-hydrogen) atoms. The van der Waals surface area contributed by atoms with E-state index in [0.717, 1.165) is 12.5 Å². The van der Waals surface area contributed by atoms with Crippen LogP contribution in [-0.2, 0) is 9.59 Å². The van der Waals surface area contributed by atoms with Gasteiger partial charge in [-0.05, 0) is 24.2 Å². The molecule has 0 aromatic carbocycles. The van der Waals surface area contributed by atoms with Gasteiger partial charge in [-0.2, -0.15) is 0 Å². The molecule has 0 rings (SSSR count). The fourth-order valence-electron chi connectivity index (χ4n) is 2.03. The Hall–Kier alpha value is -1.32. The van der Waals surface area contributed by atoms with Crippen molar-refractivity contribution < 1.29 is 19.8 Å². The Morgan fingerprint density at radius 1 is 1.25 bits per heavy atom. The molecule has 0 heterocycles. The van der Waals surface area contributed by atoms with Crippen molar-refractivity contribution >= 4 is 11.9 Å². The second-order valence-corrected chi connectivity index (χ2v) is 5.25. The molecular weight excluding hydrogens is 208 g/mol. The Balaban J connectivity index is 4.76. The van der Waals surface area contributed by atoms with E-state index in [-0.39, 0.29) is 17.4 Å². The largest absolute Gasteiger partial charge is 0.478 e. The van der Waals surface area contributed by atoms with Gasteiger partial charge in [0.1, 0.15) is 0 Å². The summed E-state index contributed by atoms with van der Waals surface area (Å²) in [6.07, 6.45) is 1.91. The van der Waals surface area contributed by atoms with Crippen molar-refractivity contribution in [3.05, 3.63) is 11.6 Å². The van der Waals surface area contributed by atoms with Crippen molar-refractivity contribution in [3.63, 3.8) is 0 Å². The van der Waals surface area contributed by atoms with E-state index in [1.165, 1.54) is 0 Å². The van der Waals surface area contributed by atoms with Gasteiger partial charge in [0.2, 0.25) is 0 Å². The zero-order chi connectivity index (χ0) is 12.9. The molecule has 0 atom stereocenters. The molecule has 0 amide bonds. The van der Waals surface area contributed by atoms with Crippen molar-refractivity contribution in [3.8, 4) is 0 Å². The smallest absolute Gasteiger partial charge is 0.331 e. The minimum Gasteiger partial charge on any atom is -0.478 e. The summed E-state index contributed by atoms with van der Waals surface area (Å²) in [4.78, 5) is 21.3. The maximum Gasteiger partial charge on any atom is 0.331 e. The fraction of sp³-hybridized carbons (Fsp3) is 0.667. The van der Waals surface area contributed by atoms with Crippen LogP contribution in [0.3, 0.4) is 0 Å². The second-order valence-electron chi connectivity index (χ2n) is 5.25. The molecule has 0 bridgehead atoms. The molecule has 0 saturated heterocycles. The monoisotopic (exact) mass is 228 g/mol. The molecule has 0 aliphatic heterocycles. The van der Waals surface area contributed by atoms with Gasteiger partial charge in [0.05, 0.1) is 0 Å². The van der Waals surface area contributed by atoms with Crippen LogP contribution in [0.25, 0.3) is 0 Å². The third-order valence-electron chi connectivity index (χ3n) is 2.20. The van der Waals surface area contributed by atoms with Gasteiger partial charge < -0.3 is 10.2 Å². The first-order chi connectivity index (χ1) is 7.14. The number of carboxylic acid groups (broad SMARTS) is 2. The molecule has 4 nitrogen and oxygen atoms in total. The van der Waals surface area contributed by atoms with Crippen LogP contribution in [0.15, 0.2) is 11.6 Å². The lowest BCUT2D eigenvalue weighted by Gasteiger charge is -2.26. The third-order valence-corrected chi connectivity index (χ3v) is 2.20. The van der Waals surface area contributed by atoms with E-state index in [1.807, 2.05) is 13.8 Å². The number of carbonyl (C=O) groups is 2. The van der Waals surface area contributed by atoms with Crippen LogP contribution in [-0.4, -0.2) is 22.2 Å². The molecule has 4 heteroatoms. The van der Waals surface area contributed by atoms with Crippen LogP contribution in [0.2, 0.25) is 0 Å². The Morgan fingerprint density at radius 3 is 2.06 bits per heavy atom. The highest BCUT2D eigenvalue weighted by atomic mass is 16.4. The number of carboxylic acids is 2. The van der Waals surface area contributed by atoms with Crippen LogP contribution in [0.4, 0.5) is 0 Å². The van der Waals surface area contributed by atoms with Crippen molar-refractivity contribution in [2.45, 2.75) is 40.5 Å². The average Bonchev–Trinajstić information content (AvgIpc) is 1.98. The van der Waals surface area contributed by atoms with E-state index in [1.54, 1.807) is 0 Å². The zero-order valence-electron chi connectivity index (χ0n) is 10.3. The maximum absolute atomic E-state index is 10.9. The minimum absolute atomic E-state index is 0.0434. The van der Waals surface area contributed by atoms with E-state index in [0.29, 0.717) is 5.92 Å². The highest BCUT2D eigenvalue weighted by Crippen LogP contribution is 2.32. The lowest BCUT2D eigenvalue weighted by atomic mass is 9.78. The Kier molecular flexibility index (Phi) is 5.21. The number of aliphatic carboxylic acids is 2. The quantitative estimate of drug-likeness (QED) is 0.685. The standard InChI is InChI=1S/C12H20O4/c1-8(2)6-12(3,4)7-9(11(15)16)5-10(13)14/h5,8H,6-7H2,1-4H3,(H,13,14)(H,15,16). The molecule has 0 radical (unpaired) electrons. The zero-order valence-corrected chi connectivity index (χ0v) is 10.3. The number of hydrogen-bond donors (Lipinski definition) is 2. The minimum atomic E-state index is -1.21. The Bertz CT molecular complexity index is 300. The van der Waals surface area contributed by atoms with Gasteiger partial charge in [0.25, 0.3) is 0 Å². The summed E-state index contributed by atoms with van der Waals surface area (Å²) in [5, 5.41) is 17.5. The summed E-state index contributed by atoms with van der Waals surface area (Å²) in [6.45, 7) is 8.02. The van der Waals surface area contributed by atoms with E-state index in [2.05, 4.69) is 13.8 Å². The predicted octanol–water partition coefficient (Wildman–Crippen LogP) is 2.54. The predicted molar refractivity (Wildman–Crippen MR) is 61.2 cm³/mol. The molecule has 92 valence electrons. The van der Waals surface area contributed by atoms with Gasteiger partial charge in [-0.15, -0.1) is 0 Å². The molecular formula is C12H20O4. The fourth-order valence-corrected chi connectivity index (χ4v) is 2.03. The molecule has 0 aliphatic rings. The summed E-state index contributed by atoms with van der Waals surface area (Å²) in [6, 6.07) is 0. The van der Waals surface area contributed by atoms with Gasteiger partial charge in [-0.3, -0.25) is 0 Å². The first-order valence-electron chi connectivity index (χ1n) is 5.31. The molecule has 0 aliphatic carbocycles. The molecule has 0 aromatic heterocycles. The summed E-state index contributed by atoms with van der Waals surface area (Å²) < 4.78 is 0. The maximum atomic E-state index is 10.9. The van der Waals surface area contributed by atoms with Crippen molar-refractivity contribution in [2.75, 3.05) is 0 Å². The summed E-state index contributed by atoms with van der Waals surface area (Å²) in [7, 11) is 0. The lowest BCUT2D eigenvalue weighted by Crippen LogP contribution is -2.19. The summed E-state index contributed by atoms with van der Waals surface area (Å²) in [5.74, 6) is -1.91. The van der Waals surface area contributed by atoms with E-state index >= 15 is 0 Å². The highest BCUT2D eigenvalue weighted by molar-refractivity contribution is 5.94. The second kappa shape index (κ2) is 5.68. The molecule has 0 fully saturated rings. The highest BCUT2D eigenvalue weighted by Gasteiger charge is 2.24. The SMILES string of the molecule is CC(C)CC(C)(C)CC(=CC(=O)O)C(=O)O. The molecule has 0 spiro atoms. The normalized spacial score (nSPS) is 12.9. The van der Waals surface area contributed by atoms with Gasteiger partial charge >= 0.3 is 11.9 Å². The van der Waals surface area contributed by atoms with Crippen molar-refractivity contribution in [1.82, 2.24) is 0 Å². The van der Waals surface area contributed by atoms with Crippen LogP contribution in [0.1, 0.15) is 40.5 Å². The molecule has 0 saturated carbocycles. The Morgan fingerprint density at radius 2 is 1.75 bits per heavy atom. The van der Waals surface area contributed by atoms with Crippen molar-refractivity contribution in [2.24, 2.45) is 11.3 Å². The van der Waals surface area contributed by atoms with Crippen LogP contribution in [0, 0.1) is 11.3 Å². The van der Waals surface area contributed by atoms with Gasteiger partial charge in [0, 0.05) is 11.6 Å². The summed E-state index contributed by atoms with van der Waals surface area (Å²) in [5.41, 5.74) is -0.244. The van der Waals surface area contributed by atoms with E-state index in [9.17, 15) is 9.59 Å². The van der Waals surface area contributed by atoms with Crippen LogP contribution >= 0.6 is 0 Å². The third kappa shape index (κ3) is 6.22. The topological polar surface area (TPSA) is 74.6 Å². The van der Waals surface area contributed by atoms with Crippen LogP contribution in [0.5, 0.6) is 0 Å². The summed E-state index contributed by atoms with van der Waals surface area (Å²) >= 11 is 0. The average molecular weight is 228 g/mol. The van der Waals surface area contributed by atoms with E-state index in [4.69, 9.17) is 10.2 Å². The van der Waals surface area contributed by atoms with Gasteiger partial charge in [-0.25, -0.2) is 9.59 Å². The number of hydrogen-bond acceptors (Lipinski definition) is 2. The van der Waals surface area contributed by atoms with E-state index < -0.39 is 11.9 Å². The molecule has 2 N–H and O–H groups in total. The van der Waals surface area contributed by atoms with Gasteiger partial charge in [0.15, 0.2) is 0 Å². The Labute approximate surface area is 96.0 Å². The van der Waals surface area contributed by atoms with Crippen LogP contribution < -0.4 is 0 Å². The number of rotatable bonds is 6.